The molecule has 0 saturated carbocycles. The van der Waals surface area contributed by atoms with Gasteiger partial charge in [-0.15, -0.1) is 11.3 Å². The van der Waals surface area contributed by atoms with Crippen LogP contribution in [-0.2, 0) is 6.61 Å². The minimum absolute atomic E-state index is 0.0485. The van der Waals surface area contributed by atoms with Gasteiger partial charge in [0, 0.05) is 5.38 Å². The summed E-state index contributed by atoms with van der Waals surface area (Å²) in [5.74, 6) is -2.57. The van der Waals surface area contributed by atoms with Gasteiger partial charge in [-0.1, -0.05) is 0 Å². The van der Waals surface area contributed by atoms with Crippen LogP contribution in [0.25, 0.3) is 15.7 Å². The van der Waals surface area contributed by atoms with Gasteiger partial charge in [0.05, 0.1) is 16.6 Å². The second kappa shape index (κ2) is 3.63. The topological polar surface area (TPSA) is 47.8 Å². The van der Waals surface area contributed by atoms with Crippen LogP contribution in [0.1, 0.15) is 16.1 Å². The van der Waals surface area contributed by atoms with Crippen LogP contribution in [0.4, 0.5) is 8.78 Å². The predicted octanol–water partition coefficient (Wildman–Crippen LogP) is 2.50. The van der Waals surface area contributed by atoms with Crippen molar-refractivity contribution < 1.29 is 18.3 Å². The molecule has 1 aromatic carbocycles. The van der Waals surface area contributed by atoms with Gasteiger partial charge in [-0.05, 0) is 6.07 Å². The summed E-state index contributed by atoms with van der Waals surface area (Å²) in [6, 6.07) is 0.812. The smallest absolute Gasteiger partial charge is 0.202 e. The SMILES string of the molecule is O=Cc1c(=O)c2cc(F)c(F)c3c2n2c(csc12)CO3. The first-order valence-corrected chi connectivity index (χ1v) is 6.56. The highest BCUT2D eigenvalue weighted by Gasteiger charge is 2.26. The van der Waals surface area contributed by atoms with Gasteiger partial charge in [-0.25, -0.2) is 4.39 Å². The van der Waals surface area contributed by atoms with Crippen molar-refractivity contribution in [2.75, 3.05) is 0 Å². The number of aromatic nitrogens is 1. The van der Waals surface area contributed by atoms with Crippen LogP contribution in [0.3, 0.4) is 0 Å². The van der Waals surface area contributed by atoms with Crippen LogP contribution < -0.4 is 10.2 Å². The largest absolute Gasteiger partial charge is 0.482 e. The predicted molar refractivity (Wildman–Crippen MR) is 68.7 cm³/mol. The van der Waals surface area contributed by atoms with Gasteiger partial charge in [0.2, 0.25) is 11.2 Å². The van der Waals surface area contributed by atoms with Crippen LogP contribution in [0, 0.1) is 11.6 Å². The molecule has 7 heteroatoms. The van der Waals surface area contributed by atoms with E-state index < -0.39 is 17.1 Å². The van der Waals surface area contributed by atoms with E-state index in [0.717, 1.165) is 6.07 Å². The molecule has 20 heavy (non-hydrogen) atoms. The Morgan fingerprint density at radius 2 is 2.20 bits per heavy atom. The van der Waals surface area contributed by atoms with E-state index in [4.69, 9.17) is 4.74 Å². The molecule has 2 aromatic heterocycles. The molecule has 0 bridgehead atoms. The maximum atomic E-state index is 13.8. The summed E-state index contributed by atoms with van der Waals surface area (Å²) in [5, 5.41) is 1.67. The third-order valence-corrected chi connectivity index (χ3v) is 4.39. The Hall–Kier alpha value is -2.28. The van der Waals surface area contributed by atoms with Crippen LogP contribution in [0.15, 0.2) is 16.2 Å². The van der Waals surface area contributed by atoms with Crippen molar-refractivity contribution >= 4 is 33.4 Å². The van der Waals surface area contributed by atoms with Gasteiger partial charge < -0.3 is 4.74 Å². The highest BCUT2D eigenvalue weighted by atomic mass is 32.1. The normalized spacial score (nSPS) is 13.1. The summed E-state index contributed by atoms with van der Waals surface area (Å²) in [4.78, 5) is 23.8. The molecule has 1 aliphatic heterocycles. The second-order valence-electron chi connectivity index (χ2n) is 4.41. The van der Waals surface area contributed by atoms with Crippen molar-refractivity contribution in [1.29, 1.82) is 0 Å². The van der Waals surface area contributed by atoms with Crippen LogP contribution in [-0.4, -0.2) is 10.7 Å². The molecule has 0 amide bonds. The van der Waals surface area contributed by atoms with Crippen LogP contribution in [0.2, 0.25) is 0 Å². The molecule has 0 fully saturated rings. The lowest BCUT2D eigenvalue weighted by molar-refractivity contribution is 0.112. The lowest BCUT2D eigenvalue weighted by atomic mass is 10.1. The summed E-state index contributed by atoms with van der Waals surface area (Å²) < 4.78 is 34.2. The third-order valence-electron chi connectivity index (χ3n) is 3.37. The fourth-order valence-electron chi connectivity index (χ4n) is 2.50. The van der Waals surface area contributed by atoms with Crippen LogP contribution >= 0.6 is 11.3 Å². The fourth-order valence-corrected chi connectivity index (χ4v) is 3.50. The highest BCUT2D eigenvalue weighted by molar-refractivity contribution is 7.16. The molecular formula is C13H5F2NO3S. The number of pyridine rings is 1. The van der Waals surface area contributed by atoms with Crippen molar-refractivity contribution in [2.24, 2.45) is 0 Å². The van der Waals surface area contributed by atoms with E-state index in [1.54, 1.807) is 9.78 Å². The van der Waals surface area contributed by atoms with Gasteiger partial charge in [-0.3, -0.25) is 14.0 Å². The Balaban J connectivity index is 2.45. The lowest BCUT2D eigenvalue weighted by Crippen LogP contribution is -2.18. The van der Waals surface area contributed by atoms with Crippen LogP contribution in [0.5, 0.6) is 5.75 Å². The number of carbonyl (C=O) groups excluding carboxylic acids is 1. The molecule has 0 unspecified atom stereocenters. The second-order valence-corrected chi connectivity index (χ2v) is 5.27. The van der Waals surface area contributed by atoms with Gasteiger partial charge in [0.15, 0.2) is 17.9 Å². The summed E-state index contributed by atoms with van der Waals surface area (Å²) in [6.07, 6.45) is 0.445. The number of hydrogen-bond donors (Lipinski definition) is 0. The quantitative estimate of drug-likeness (QED) is 0.648. The van der Waals surface area contributed by atoms with Crippen molar-refractivity contribution in [3.8, 4) is 5.75 Å². The molecule has 4 nitrogen and oxygen atoms in total. The summed E-state index contributed by atoms with van der Waals surface area (Å²) in [6.45, 7) is 0.0592. The Bertz CT molecular complexity index is 974. The summed E-state index contributed by atoms with van der Waals surface area (Å²) in [5.41, 5.74) is 0.204. The molecule has 0 spiro atoms. The molecule has 3 aromatic rings. The van der Waals surface area contributed by atoms with Gasteiger partial charge in [0.25, 0.3) is 0 Å². The number of ether oxygens (including phenoxy) is 1. The zero-order chi connectivity index (χ0) is 14.0. The Labute approximate surface area is 113 Å². The molecule has 1 aliphatic rings. The average Bonchev–Trinajstić information content (AvgIpc) is 2.87. The Kier molecular flexibility index (Phi) is 2.10. The zero-order valence-electron chi connectivity index (χ0n) is 9.78. The van der Waals surface area contributed by atoms with Gasteiger partial charge in [0.1, 0.15) is 17.0 Å². The van der Waals surface area contributed by atoms with Crippen molar-refractivity contribution in [1.82, 2.24) is 4.40 Å². The molecular weight excluding hydrogens is 288 g/mol. The molecule has 100 valence electrons. The van der Waals surface area contributed by atoms with E-state index in [2.05, 4.69) is 0 Å². The molecule has 0 atom stereocenters. The molecule has 0 saturated heterocycles. The van der Waals surface area contributed by atoms with E-state index in [-0.39, 0.29) is 28.8 Å². The number of halogens is 2. The molecule has 4 rings (SSSR count). The maximum absolute atomic E-state index is 13.8. The average molecular weight is 293 g/mol. The van der Waals surface area contributed by atoms with Crippen molar-refractivity contribution in [3.05, 3.63) is 44.6 Å². The molecule has 0 aliphatic carbocycles. The standard InChI is InChI=1S/C13H5F2NO3S/c14-8-1-6-10-12(9(8)15)19-3-5-4-20-13(16(5)10)7(2-17)11(6)18/h1-2,4H,3H2. The first kappa shape index (κ1) is 11.5. The minimum atomic E-state index is -1.17. The minimum Gasteiger partial charge on any atom is -0.482 e. The number of rotatable bonds is 1. The maximum Gasteiger partial charge on any atom is 0.202 e. The van der Waals surface area contributed by atoms with E-state index >= 15 is 0 Å². The number of carbonyl (C=O) groups is 1. The van der Waals surface area contributed by atoms with Gasteiger partial charge >= 0.3 is 0 Å². The fraction of sp³-hybridized carbons (Fsp3) is 0.0769. The third kappa shape index (κ3) is 1.18. The first-order chi connectivity index (χ1) is 9.63. The van der Waals surface area contributed by atoms with Crippen molar-refractivity contribution in [2.45, 2.75) is 6.61 Å². The van der Waals surface area contributed by atoms with E-state index in [0.29, 0.717) is 16.8 Å². The number of benzene rings is 1. The number of aldehydes is 1. The zero-order valence-corrected chi connectivity index (χ0v) is 10.6. The van der Waals surface area contributed by atoms with E-state index in [9.17, 15) is 18.4 Å². The van der Waals surface area contributed by atoms with E-state index in [1.165, 1.54) is 11.3 Å². The molecule has 0 radical (unpaired) electrons. The number of hydrogen-bond acceptors (Lipinski definition) is 4. The highest BCUT2D eigenvalue weighted by Crippen LogP contribution is 2.36. The lowest BCUT2D eigenvalue weighted by Gasteiger charge is -2.18. The Morgan fingerprint density at radius 3 is 2.95 bits per heavy atom. The summed E-state index contributed by atoms with van der Waals surface area (Å²) >= 11 is 1.20. The Morgan fingerprint density at radius 1 is 1.40 bits per heavy atom. The first-order valence-electron chi connectivity index (χ1n) is 5.68. The molecule has 3 heterocycles. The van der Waals surface area contributed by atoms with Gasteiger partial charge in [-0.2, -0.15) is 4.39 Å². The number of nitrogens with zero attached hydrogens (tertiary/aromatic N) is 1. The summed E-state index contributed by atoms with van der Waals surface area (Å²) in [7, 11) is 0. The molecule has 0 N–H and O–H groups in total. The van der Waals surface area contributed by atoms with E-state index in [1.807, 2.05) is 0 Å². The number of thiazole rings is 1. The monoisotopic (exact) mass is 293 g/mol. The van der Waals surface area contributed by atoms with Crippen molar-refractivity contribution in [3.63, 3.8) is 0 Å².